The minimum Gasteiger partial charge on any atom is -0.496 e. The second-order valence-electron chi connectivity index (χ2n) is 7.80. The third-order valence-electron chi connectivity index (χ3n) is 5.59. The number of aliphatic hydroxyl groups excluding tert-OH is 1. The number of benzene rings is 3. The summed E-state index contributed by atoms with van der Waals surface area (Å²) in [5, 5.41) is 14.7. The van der Waals surface area contributed by atoms with Gasteiger partial charge in [-0.2, -0.15) is 0 Å². The number of anilines is 1. The zero-order chi connectivity index (χ0) is 24.2. The Bertz CT molecular complexity index is 1320. The topological polar surface area (TPSA) is 134 Å². The Balaban J connectivity index is 1.60. The molecule has 4 rings (SSSR count). The largest absolute Gasteiger partial charge is 0.496 e. The highest BCUT2D eigenvalue weighted by Crippen LogP contribution is 2.24. The van der Waals surface area contributed by atoms with Gasteiger partial charge in [-0.3, -0.25) is 9.59 Å². The van der Waals surface area contributed by atoms with Crippen molar-refractivity contribution in [2.45, 2.75) is 19.1 Å². The lowest BCUT2D eigenvalue weighted by atomic mass is 9.99. The molecule has 0 fully saturated rings. The predicted molar refractivity (Wildman–Crippen MR) is 128 cm³/mol. The first-order chi connectivity index (χ1) is 16.4. The molecule has 174 valence electrons. The molecule has 4 aromatic rings. The summed E-state index contributed by atoms with van der Waals surface area (Å²) in [6, 6.07) is 17.7. The maximum atomic E-state index is 13.1. The minimum absolute atomic E-state index is 0.365. The van der Waals surface area contributed by atoms with Crippen LogP contribution in [0, 0.1) is 6.92 Å². The fourth-order valence-corrected chi connectivity index (χ4v) is 3.73. The van der Waals surface area contributed by atoms with Crippen molar-refractivity contribution in [3.8, 4) is 5.75 Å². The van der Waals surface area contributed by atoms with E-state index < -0.39 is 24.0 Å². The third kappa shape index (κ3) is 4.61. The number of carbonyl (C=O) groups is 2. The Hall–Kier alpha value is -4.21. The van der Waals surface area contributed by atoms with Crippen molar-refractivity contribution < 1.29 is 19.4 Å². The zero-order valence-electron chi connectivity index (χ0n) is 18.7. The van der Waals surface area contributed by atoms with Crippen molar-refractivity contribution in [2.75, 3.05) is 12.1 Å². The number of carbonyl (C=O) groups excluding carboxylic acids is 2. The summed E-state index contributed by atoms with van der Waals surface area (Å²) in [6.45, 7) is 1.82. The molecule has 34 heavy (non-hydrogen) atoms. The standard InChI is InChI=1S/C25H25N5O4/c1-15-12-17(8-11-21(15)34-2)24(32)29-22(16-6-4-3-5-7-16)23(31)25(33)30(26)18-9-10-19-20(13-18)28-14-27-19/h3-14,22-23,31H,26H2,1-2H3,(H,27,28)(H,29,32). The lowest BCUT2D eigenvalue weighted by molar-refractivity contribution is -0.128. The molecular formula is C25H25N5O4. The maximum absolute atomic E-state index is 13.1. The molecule has 2 amide bonds. The number of aryl methyl sites for hydroxylation is 1. The van der Waals surface area contributed by atoms with Crippen LogP contribution in [0.4, 0.5) is 5.69 Å². The van der Waals surface area contributed by atoms with Crippen molar-refractivity contribution >= 4 is 28.5 Å². The van der Waals surface area contributed by atoms with Gasteiger partial charge >= 0.3 is 0 Å². The van der Waals surface area contributed by atoms with Crippen LogP contribution in [0.15, 0.2) is 73.1 Å². The number of rotatable bonds is 7. The summed E-state index contributed by atoms with van der Waals surface area (Å²) in [6.07, 6.45) is -0.110. The van der Waals surface area contributed by atoms with Crippen LogP contribution in [0.25, 0.3) is 11.0 Å². The number of aliphatic hydroxyl groups is 1. The van der Waals surface area contributed by atoms with Crippen molar-refractivity contribution in [1.29, 1.82) is 0 Å². The lowest BCUT2D eigenvalue weighted by Crippen LogP contribution is -2.50. The highest BCUT2D eigenvalue weighted by atomic mass is 16.5. The number of hydrogen-bond donors (Lipinski definition) is 4. The summed E-state index contributed by atoms with van der Waals surface area (Å²) < 4.78 is 5.25. The van der Waals surface area contributed by atoms with Crippen LogP contribution in [0.1, 0.15) is 27.5 Å². The second-order valence-corrected chi connectivity index (χ2v) is 7.80. The van der Waals surface area contributed by atoms with Gasteiger partial charge in [0.1, 0.15) is 5.75 Å². The van der Waals surface area contributed by atoms with Gasteiger partial charge < -0.3 is 20.1 Å². The summed E-state index contributed by atoms with van der Waals surface area (Å²) in [7, 11) is 1.55. The molecule has 0 bridgehead atoms. The first kappa shape index (κ1) is 23.0. The summed E-state index contributed by atoms with van der Waals surface area (Å²) in [4.78, 5) is 33.3. The van der Waals surface area contributed by atoms with E-state index in [0.717, 1.165) is 10.6 Å². The van der Waals surface area contributed by atoms with E-state index in [-0.39, 0.29) is 0 Å². The molecule has 3 aromatic carbocycles. The van der Waals surface area contributed by atoms with Crippen LogP contribution in [0.5, 0.6) is 5.75 Å². The number of hydrogen-bond acceptors (Lipinski definition) is 6. The number of ether oxygens (including phenoxy) is 1. The number of aromatic amines is 1. The fraction of sp³-hybridized carbons (Fsp3) is 0.160. The van der Waals surface area contributed by atoms with Crippen LogP contribution in [-0.4, -0.2) is 40.1 Å². The van der Waals surface area contributed by atoms with E-state index in [0.29, 0.717) is 33.6 Å². The molecule has 2 atom stereocenters. The van der Waals surface area contributed by atoms with E-state index in [1.165, 1.54) is 6.33 Å². The Morgan fingerprint density at radius 2 is 1.88 bits per heavy atom. The summed E-state index contributed by atoms with van der Waals surface area (Å²) >= 11 is 0. The van der Waals surface area contributed by atoms with Crippen molar-refractivity contribution in [3.05, 3.63) is 89.7 Å². The number of aromatic nitrogens is 2. The molecule has 0 radical (unpaired) electrons. The molecular weight excluding hydrogens is 434 g/mol. The van der Waals surface area contributed by atoms with Crippen molar-refractivity contribution in [3.63, 3.8) is 0 Å². The van der Waals surface area contributed by atoms with Gasteiger partial charge in [0.05, 0.1) is 36.2 Å². The first-order valence-electron chi connectivity index (χ1n) is 10.6. The number of fused-ring (bicyclic) bond motifs is 1. The van der Waals surface area contributed by atoms with Crippen LogP contribution in [-0.2, 0) is 4.79 Å². The Labute approximate surface area is 196 Å². The number of nitrogens with one attached hydrogen (secondary N) is 2. The average molecular weight is 460 g/mol. The van der Waals surface area contributed by atoms with Crippen molar-refractivity contribution in [2.24, 2.45) is 5.84 Å². The van der Waals surface area contributed by atoms with Gasteiger partial charge in [-0.15, -0.1) is 0 Å². The van der Waals surface area contributed by atoms with E-state index in [1.807, 2.05) is 6.92 Å². The SMILES string of the molecule is COc1ccc(C(=O)NC(c2ccccc2)C(O)C(=O)N(N)c2ccc3nc[nH]c3c2)cc1C. The molecule has 0 saturated carbocycles. The number of methoxy groups -OCH3 is 1. The van der Waals surface area contributed by atoms with Crippen LogP contribution >= 0.6 is 0 Å². The van der Waals surface area contributed by atoms with Crippen LogP contribution < -0.4 is 20.9 Å². The van der Waals surface area contributed by atoms with Gasteiger partial charge in [-0.05, 0) is 54.4 Å². The molecule has 0 saturated heterocycles. The van der Waals surface area contributed by atoms with Gasteiger partial charge in [0.15, 0.2) is 6.10 Å². The fourth-order valence-electron chi connectivity index (χ4n) is 3.73. The van der Waals surface area contributed by atoms with Crippen LogP contribution in [0.3, 0.4) is 0 Å². The smallest absolute Gasteiger partial charge is 0.272 e. The number of H-pyrrole nitrogens is 1. The van der Waals surface area contributed by atoms with Gasteiger partial charge in [0.2, 0.25) is 0 Å². The molecule has 0 aliphatic carbocycles. The number of amides is 2. The number of imidazole rings is 1. The van der Waals surface area contributed by atoms with E-state index >= 15 is 0 Å². The molecule has 5 N–H and O–H groups in total. The van der Waals surface area contributed by atoms with Gasteiger partial charge in [0, 0.05) is 5.56 Å². The number of nitrogens with two attached hydrogens (primary N) is 1. The Kier molecular flexibility index (Phi) is 6.58. The molecule has 9 nitrogen and oxygen atoms in total. The molecule has 1 heterocycles. The van der Waals surface area contributed by atoms with Crippen molar-refractivity contribution in [1.82, 2.24) is 15.3 Å². The molecule has 0 aliphatic rings. The second kappa shape index (κ2) is 9.74. The highest BCUT2D eigenvalue weighted by Gasteiger charge is 2.32. The normalized spacial score (nSPS) is 12.7. The van der Waals surface area contributed by atoms with Gasteiger partial charge in [0.25, 0.3) is 11.8 Å². The van der Waals surface area contributed by atoms with Gasteiger partial charge in [-0.1, -0.05) is 30.3 Å². The van der Waals surface area contributed by atoms with Gasteiger partial charge in [-0.25, -0.2) is 15.8 Å². The Morgan fingerprint density at radius 3 is 2.59 bits per heavy atom. The molecule has 0 aliphatic heterocycles. The number of nitrogens with zero attached hydrogens (tertiary/aromatic N) is 2. The Morgan fingerprint density at radius 1 is 1.12 bits per heavy atom. The predicted octanol–water partition coefficient (Wildman–Crippen LogP) is 2.62. The molecule has 2 unspecified atom stereocenters. The minimum atomic E-state index is -1.65. The van der Waals surface area contributed by atoms with E-state index in [2.05, 4.69) is 15.3 Å². The summed E-state index contributed by atoms with van der Waals surface area (Å²) in [5.74, 6) is 5.50. The van der Waals surface area contributed by atoms with E-state index in [4.69, 9.17) is 10.6 Å². The first-order valence-corrected chi connectivity index (χ1v) is 10.6. The van der Waals surface area contributed by atoms with E-state index in [1.54, 1.807) is 73.8 Å². The van der Waals surface area contributed by atoms with E-state index in [9.17, 15) is 14.7 Å². The lowest BCUT2D eigenvalue weighted by Gasteiger charge is -2.27. The molecule has 0 spiro atoms. The third-order valence-corrected chi connectivity index (χ3v) is 5.59. The quantitative estimate of drug-likeness (QED) is 0.191. The monoisotopic (exact) mass is 459 g/mol. The molecule has 9 heteroatoms. The van der Waals surface area contributed by atoms with Crippen LogP contribution in [0.2, 0.25) is 0 Å². The zero-order valence-corrected chi connectivity index (χ0v) is 18.7. The maximum Gasteiger partial charge on any atom is 0.272 e. The molecule has 1 aromatic heterocycles. The average Bonchev–Trinajstić information content (AvgIpc) is 3.34. The highest BCUT2D eigenvalue weighted by molar-refractivity contribution is 5.99. The summed E-state index contributed by atoms with van der Waals surface area (Å²) in [5.41, 5.74) is 3.48. The number of hydrazine groups is 1.